The van der Waals surface area contributed by atoms with Gasteiger partial charge in [0.2, 0.25) is 10.0 Å². The van der Waals surface area contributed by atoms with Crippen LogP contribution in [0.2, 0.25) is 0 Å². The molecule has 0 aliphatic carbocycles. The first-order valence-corrected chi connectivity index (χ1v) is 9.07. The number of esters is 1. The average molecular weight is 336 g/mol. The fourth-order valence-electron chi connectivity index (χ4n) is 3.04. The van der Waals surface area contributed by atoms with Crippen LogP contribution < -0.4 is 0 Å². The summed E-state index contributed by atoms with van der Waals surface area (Å²) in [6.07, 6.45) is 2.88. The van der Waals surface area contributed by atoms with Crippen molar-refractivity contribution in [2.24, 2.45) is 7.05 Å². The van der Waals surface area contributed by atoms with E-state index in [9.17, 15) is 13.2 Å². The summed E-state index contributed by atoms with van der Waals surface area (Å²) in [6.45, 7) is 1.14. The first-order valence-electron chi connectivity index (χ1n) is 7.63. The monoisotopic (exact) mass is 336 g/mol. The van der Waals surface area contributed by atoms with Crippen molar-refractivity contribution in [3.05, 3.63) is 30.0 Å². The largest absolute Gasteiger partial charge is 0.464 e. The molecule has 6 nitrogen and oxygen atoms in total. The van der Waals surface area contributed by atoms with Crippen molar-refractivity contribution in [1.82, 2.24) is 8.87 Å². The van der Waals surface area contributed by atoms with E-state index in [1.54, 1.807) is 40.2 Å². The summed E-state index contributed by atoms with van der Waals surface area (Å²) in [6, 6.07) is 6.63. The van der Waals surface area contributed by atoms with E-state index in [-0.39, 0.29) is 4.90 Å². The molecule has 3 rings (SSSR count). The maximum absolute atomic E-state index is 12.7. The number of fused-ring (bicyclic) bond motifs is 1. The Kier molecular flexibility index (Phi) is 4.16. The Morgan fingerprint density at radius 3 is 2.48 bits per heavy atom. The lowest BCUT2D eigenvalue weighted by molar-refractivity contribution is 0.0590. The molecule has 0 spiro atoms. The molecule has 0 amide bonds. The van der Waals surface area contributed by atoms with Crippen molar-refractivity contribution < 1.29 is 17.9 Å². The van der Waals surface area contributed by atoms with Crippen molar-refractivity contribution in [2.75, 3.05) is 20.2 Å². The smallest absolute Gasteiger partial charge is 0.354 e. The molecule has 1 aliphatic heterocycles. The molecular formula is C16H20N2O4S. The van der Waals surface area contributed by atoms with E-state index in [1.807, 2.05) is 0 Å². The van der Waals surface area contributed by atoms with Crippen LogP contribution in [0, 0.1) is 0 Å². The van der Waals surface area contributed by atoms with E-state index in [2.05, 4.69) is 0 Å². The third kappa shape index (κ3) is 2.74. The third-order valence-corrected chi connectivity index (χ3v) is 6.26. The van der Waals surface area contributed by atoms with Crippen molar-refractivity contribution in [3.8, 4) is 0 Å². The molecule has 1 fully saturated rings. The summed E-state index contributed by atoms with van der Waals surface area (Å²) in [5.74, 6) is -0.441. The van der Waals surface area contributed by atoms with Gasteiger partial charge in [0.1, 0.15) is 5.69 Å². The van der Waals surface area contributed by atoms with Crippen LogP contribution in [0.3, 0.4) is 0 Å². The fraction of sp³-hybridized carbons (Fsp3) is 0.438. The van der Waals surface area contributed by atoms with Gasteiger partial charge in [-0.2, -0.15) is 4.31 Å². The SMILES string of the molecule is COC(=O)c1cc2cc(S(=O)(=O)N3CCCCC3)ccc2n1C. The van der Waals surface area contributed by atoms with Crippen LogP contribution >= 0.6 is 0 Å². The highest BCUT2D eigenvalue weighted by molar-refractivity contribution is 7.89. The Labute approximate surface area is 135 Å². The third-order valence-electron chi connectivity index (χ3n) is 4.36. The Morgan fingerprint density at radius 2 is 1.83 bits per heavy atom. The molecule has 2 heterocycles. The second-order valence-corrected chi connectivity index (χ2v) is 7.70. The summed E-state index contributed by atoms with van der Waals surface area (Å²) in [5.41, 5.74) is 1.19. The maximum Gasteiger partial charge on any atom is 0.354 e. The molecule has 1 aliphatic rings. The van der Waals surface area contributed by atoms with Crippen LogP contribution in [0.25, 0.3) is 10.9 Å². The van der Waals surface area contributed by atoms with Gasteiger partial charge in [0.05, 0.1) is 12.0 Å². The normalized spacial score (nSPS) is 16.6. The first kappa shape index (κ1) is 16.0. The number of hydrogen-bond acceptors (Lipinski definition) is 4. The Morgan fingerprint density at radius 1 is 1.13 bits per heavy atom. The number of aromatic nitrogens is 1. The van der Waals surface area contributed by atoms with Crippen LogP contribution in [0.15, 0.2) is 29.2 Å². The van der Waals surface area contributed by atoms with Crippen LogP contribution in [0.1, 0.15) is 29.8 Å². The molecule has 0 atom stereocenters. The van der Waals surface area contributed by atoms with E-state index < -0.39 is 16.0 Å². The quantitative estimate of drug-likeness (QED) is 0.805. The van der Waals surface area contributed by atoms with Gasteiger partial charge in [-0.1, -0.05) is 6.42 Å². The lowest BCUT2D eigenvalue weighted by atomic mass is 10.2. The summed E-state index contributed by atoms with van der Waals surface area (Å²) in [7, 11) is -0.392. The molecule has 0 unspecified atom stereocenters. The summed E-state index contributed by atoms with van der Waals surface area (Å²) in [4.78, 5) is 12.0. The number of hydrogen-bond donors (Lipinski definition) is 0. The number of ether oxygens (including phenoxy) is 1. The number of carbonyl (C=O) groups excluding carboxylic acids is 1. The topological polar surface area (TPSA) is 68.6 Å². The standard InChI is InChI=1S/C16H20N2O4S/c1-17-14-7-6-13(10-12(14)11-15(17)16(19)22-2)23(20,21)18-8-4-3-5-9-18/h6-7,10-11H,3-5,8-9H2,1-2H3. The van der Waals surface area contributed by atoms with Gasteiger partial charge in [-0.05, 0) is 37.1 Å². The first-order chi connectivity index (χ1) is 10.9. The van der Waals surface area contributed by atoms with Crippen molar-refractivity contribution in [2.45, 2.75) is 24.2 Å². The minimum absolute atomic E-state index is 0.272. The highest BCUT2D eigenvalue weighted by atomic mass is 32.2. The highest BCUT2D eigenvalue weighted by Crippen LogP contribution is 2.26. The molecule has 124 valence electrons. The van der Waals surface area contributed by atoms with Crippen LogP contribution in [0.4, 0.5) is 0 Å². The van der Waals surface area contributed by atoms with Gasteiger partial charge in [-0.15, -0.1) is 0 Å². The number of nitrogens with zero attached hydrogens (tertiary/aromatic N) is 2. The molecule has 7 heteroatoms. The zero-order valence-electron chi connectivity index (χ0n) is 13.3. The fourth-order valence-corrected chi connectivity index (χ4v) is 4.60. The summed E-state index contributed by atoms with van der Waals surface area (Å²) < 4.78 is 33.5. The van der Waals surface area contributed by atoms with Crippen LogP contribution in [0.5, 0.6) is 0 Å². The lowest BCUT2D eigenvalue weighted by Gasteiger charge is -2.25. The predicted octanol–water partition coefficient (Wildman–Crippen LogP) is 2.14. The molecule has 0 bridgehead atoms. The zero-order valence-corrected chi connectivity index (χ0v) is 14.1. The molecule has 23 heavy (non-hydrogen) atoms. The van der Waals surface area contributed by atoms with Crippen molar-refractivity contribution in [3.63, 3.8) is 0 Å². The van der Waals surface area contributed by atoms with E-state index in [0.29, 0.717) is 24.2 Å². The summed E-state index contributed by atoms with van der Waals surface area (Å²) in [5, 5.41) is 0.714. The number of benzene rings is 1. The van der Waals surface area contributed by atoms with Gasteiger partial charge in [0.15, 0.2) is 0 Å². The van der Waals surface area contributed by atoms with Crippen LogP contribution in [-0.2, 0) is 21.8 Å². The molecule has 0 saturated carbocycles. The van der Waals surface area contributed by atoms with E-state index in [1.165, 1.54) is 7.11 Å². The van der Waals surface area contributed by atoms with Gasteiger partial charge in [-0.3, -0.25) is 0 Å². The maximum atomic E-state index is 12.7. The number of carbonyl (C=O) groups is 1. The average Bonchev–Trinajstić information content (AvgIpc) is 2.91. The number of methoxy groups -OCH3 is 1. The van der Waals surface area contributed by atoms with Crippen molar-refractivity contribution >= 4 is 26.9 Å². The predicted molar refractivity (Wildman–Crippen MR) is 86.9 cm³/mol. The number of piperidine rings is 1. The van der Waals surface area contributed by atoms with Crippen LogP contribution in [-0.4, -0.2) is 43.5 Å². The second-order valence-electron chi connectivity index (χ2n) is 5.77. The Hall–Kier alpha value is -1.86. The molecule has 1 aromatic heterocycles. The van der Waals surface area contributed by atoms with Gasteiger partial charge >= 0.3 is 5.97 Å². The van der Waals surface area contributed by atoms with Gasteiger partial charge in [-0.25, -0.2) is 13.2 Å². The van der Waals surface area contributed by atoms with E-state index in [0.717, 1.165) is 24.8 Å². The number of rotatable bonds is 3. The van der Waals surface area contributed by atoms with Gasteiger partial charge < -0.3 is 9.30 Å². The van der Waals surface area contributed by atoms with Gasteiger partial charge in [0.25, 0.3) is 0 Å². The van der Waals surface area contributed by atoms with E-state index in [4.69, 9.17) is 4.74 Å². The van der Waals surface area contributed by atoms with Gasteiger partial charge in [0, 0.05) is 31.0 Å². The molecule has 1 aromatic carbocycles. The van der Waals surface area contributed by atoms with Crippen molar-refractivity contribution in [1.29, 1.82) is 0 Å². The Balaban J connectivity index is 2.04. The molecule has 1 saturated heterocycles. The zero-order chi connectivity index (χ0) is 16.6. The second kappa shape index (κ2) is 5.98. The summed E-state index contributed by atoms with van der Waals surface area (Å²) >= 11 is 0. The Bertz CT molecular complexity index is 848. The van der Waals surface area contributed by atoms with E-state index >= 15 is 0 Å². The minimum atomic E-state index is -3.48. The lowest BCUT2D eigenvalue weighted by Crippen LogP contribution is -2.35. The molecular weight excluding hydrogens is 316 g/mol. The number of aryl methyl sites for hydroxylation is 1. The minimum Gasteiger partial charge on any atom is -0.464 e. The number of sulfonamides is 1. The molecule has 0 radical (unpaired) electrons. The molecule has 2 aromatic rings. The molecule has 0 N–H and O–H groups in total. The highest BCUT2D eigenvalue weighted by Gasteiger charge is 2.26.